The van der Waals surface area contributed by atoms with E-state index in [0.29, 0.717) is 89.5 Å². The van der Waals surface area contributed by atoms with E-state index in [0.717, 1.165) is 5.69 Å². The first-order valence-corrected chi connectivity index (χ1v) is 45.3. The Morgan fingerprint density at radius 3 is 1.53 bits per heavy atom. The molecule has 133 heavy (non-hydrogen) atoms. The molecule has 1 aliphatic heterocycles. The van der Waals surface area contributed by atoms with Crippen molar-refractivity contribution < 1.29 is 93.6 Å². The summed E-state index contributed by atoms with van der Waals surface area (Å²) >= 11 is 0. The zero-order chi connectivity index (χ0) is 97.9. The van der Waals surface area contributed by atoms with Crippen molar-refractivity contribution in [3.05, 3.63) is 162 Å². The summed E-state index contributed by atoms with van der Waals surface area (Å²) in [5.41, 5.74) is 33.8. The Kier molecular flexibility index (Phi) is 45.0. The zero-order valence-corrected chi connectivity index (χ0v) is 75.9. The minimum atomic E-state index is -5.08. The molecule has 39 nitrogen and oxygen atoms in total. The maximum Gasteiger partial charge on any atom is 0.490 e. The molecule has 25 N–H and O–H groups in total. The summed E-state index contributed by atoms with van der Waals surface area (Å²) in [6.07, 6.45) is -2.35. The SMILES string of the molecule is CC(C)CC(NC(=O)C(CCCNC(=N)N)NC(=O)C(Cc1ccccc1)NC(=O)C(Cc1ccccc1)NC(=O)C(CCCCN)NC(=O)C(C)NC(=O)C1CCCN1C(=O)C(CCCCN)NC(=O)C(N)CCC(=O)NCCNc1cccc2c(S(=O)(=O)O)cccc12)C(=O)NC(CCCCNC(=O)c1ccc(N=Nc2ccc(N(C)C)cc2)cc1)C(N)=O.O=C(O)C(F)(F)F. The molecule has 7 rings (SSSR count). The highest BCUT2D eigenvalue weighted by Gasteiger charge is 2.41. The molecular weight excluding hydrogens is 1750 g/mol. The molecule has 0 aliphatic carbocycles. The number of hydrogen-bond donors (Lipinski definition) is 20. The van der Waals surface area contributed by atoms with Gasteiger partial charge in [-0.3, -0.25) is 67.5 Å². The normalized spacial score (nSPS) is 14.5. The van der Waals surface area contributed by atoms with Crippen molar-refractivity contribution >= 4 is 126 Å². The molecule has 724 valence electrons. The lowest BCUT2D eigenvalue weighted by Gasteiger charge is -2.30. The molecule has 1 fully saturated rings. The molecule has 43 heteroatoms. The average molecular weight is 1880 g/mol. The Morgan fingerprint density at radius 1 is 0.526 bits per heavy atom. The third-order valence-corrected chi connectivity index (χ3v) is 22.3. The van der Waals surface area contributed by atoms with Crippen LogP contribution in [0, 0.1) is 11.3 Å². The minimum absolute atomic E-state index is 0.00777. The molecule has 1 saturated heterocycles. The van der Waals surface area contributed by atoms with Gasteiger partial charge in [0.15, 0.2) is 5.96 Å². The quantitative estimate of drug-likeness (QED) is 0.00847. The Morgan fingerprint density at radius 2 is 1.00 bits per heavy atom. The number of fused-ring (bicyclic) bond motifs is 1. The fourth-order valence-corrected chi connectivity index (χ4v) is 14.9. The second kappa shape index (κ2) is 55.2. The van der Waals surface area contributed by atoms with E-state index in [-0.39, 0.29) is 139 Å². The van der Waals surface area contributed by atoms with Crippen LogP contribution in [0.1, 0.15) is 145 Å². The number of amides is 12. The second-order valence-electron chi connectivity index (χ2n) is 32.6. The topological polar surface area (TPSA) is 626 Å². The molecule has 10 atom stereocenters. The van der Waals surface area contributed by atoms with Crippen molar-refractivity contribution in [2.75, 3.05) is 70.1 Å². The Labute approximate surface area is 770 Å². The van der Waals surface area contributed by atoms with Crippen molar-refractivity contribution in [2.45, 2.75) is 208 Å². The highest BCUT2D eigenvalue weighted by atomic mass is 32.2. The third-order valence-electron chi connectivity index (χ3n) is 21.3. The number of hydrogen-bond acceptors (Lipinski definition) is 23. The first-order valence-electron chi connectivity index (χ1n) is 43.9. The number of aliphatic carboxylic acids is 1. The summed E-state index contributed by atoms with van der Waals surface area (Å²) < 4.78 is 65.4. The van der Waals surface area contributed by atoms with Gasteiger partial charge in [0.1, 0.15) is 59.3 Å². The number of carbonyl (C=O) groups is 13. The number of azo groups is 1. The van der Waals surface area contributed by atoms with Gasteiger partial charge in [-0.25, -0.2) is 4.79 Å². The van der Waals surface area contributed by atoms with Crippen LogP contribution in [0.2, 0.25) is 0 Å². The molecule has 6 aromatic rings. The Bertz CT molecular complexity index is 5030. The van der Waals surface area contributed by atoms with E-state index in [1.807, 2.05) is 57.1 Å². The monoisotopic (exact) mass is 1870 g/mol. The number of benzene rings is 6. The van der Waals surface area contributed by atoms with Crippen LogP contribution in [0.25, 0.3) is 10.8 Å². The van der Waals surface area contributed by atoms with E-state index < -0.39 is 148 Å². The number of rotatable bonds is 53. The summed E-state index contributed by atoms with van der Waals surface area (Å²) in [6.45, 7) is 6.31. The molecule has 0 bridgehead atoms. The van der Waals surface area contributed by atoms with E-state index in [2.05, 4.69) is 74.0 Å². The number of alkyl halides is 3. The number of nitrogens with two attached hydrogens (primary N) is 5. The fraction of sp³-hybridized carbons (Fsp3) is 0.467. The fourth-order valence-electron chi connectivity index (χ4n) is 14.2. The number of unbranched alkanes of at least 4 members (excludes halogenated alkanes) is 3. The average Bonchev–Trinajstić information content (AvgIpc) is 1.26. The van der Waals surface area contributed by atoms with Gasteiger partial charge < -0.3 is 107 Å². The molecule has 10 unspecified atom stereocenters. The Hall–Kier alpha value is -13.3. The molecule has 0 radical (unpaired) electrons. The minimum Gasteiger partial charge on any atom is -0.475 e. The van der Waals surface area contributed by atoms with Gasteiger partial charge >= 0.3 is 12.1 Å². The van der Waals surface area contributed by atoms with E-state index in [4.69, 9.17) is 44.0 Å². The first kappa shape index (κ1) is 108. The smallest absolute Gasteiger partial charge is 0.475 e. The summed E-state index contributed by atoms with van der Waals surface area (Å²) in [5, 5.41) is 57.8. The lowest BCUT2D eigenvalue weighted by Crippen LogP contribution is -2.61. The van der Waals surface area contributed by atoms with Gasteiger partial charge in [0, 0.05) is 93.8 Å². The van der Waals surface area contributed by atoms with Gasteiger partial charge in [-0.15, -0.1) is 0 Å². The van der Waals surface area contributed by atoms with Crippen LogP contribution in [0.15, 0.2) is 161 Å². The number of halogens is 3. The van der Waals surface area contributed by atoms with Crippen molar-refractivity contribution in [3.63, 3.8) is 0 Å². The summed E-state index contributed by atoms with van der Waals surface area (Å²) in [6, 6.07) is 27.9. The van der Waals surface area contributed by atoms with Crippen molar-refractivity contribution in [3.8, 4) is 0 Å². The number of nitrogens with zero attached hydrogens (tertiary/aromatic N) is 4. The van der Waals surface area contributed by atoms with Gasteiger partial charge in [-0.05, 0) is 194 Å². The lowest BCUT2D eigenvalue weighted by molar-refractivity contribution is -0.192. The van der Waals surface area contributed by atoms with Crippen LogP contribution in [0.3, 0.4) is 0 Å². The van der Waals surface area contributed by atoms with Gasteiger partial charge in [-0.2, -0.15) is 31.8 Å². The Balaban J connectivity index is 0.00000373. The lowest BCUT2D eigenvalue weighted by atomic mass is 10.00. The number of guanidine groups is 1. The standard InChI is InChI=1S/C88H124N22O15S.C2HF3O2/c1-55(2)52-71(83(118)100-67(77(92)112)28-14-17-47-97-79(114)59-35-37-60(38-36-59)107-108-61-39-41-62(42-40-61)109(4)5)104-82(117)69(32-20-48-98-88(93)94)102-84(119)72(53-57-22-8-6-9-23-57)106-85(120)73(54-58-24-10-7-11-25-58)105-81(116)68(29-12-15-45-89)101-78(113)56(3)99-86(121)74-33-21-51-110(74)87(122)70(30-13-16-46-90)103-80(115)65(91)43-44-76(111)96-50-49-95-66-31-18-27-64-63(66)26-19-34-75(64)126(123,124)125;3-2(4,5)1(6)7/h6-11,18-19,22-27,31,34-42,55-56,65,67-74,95H,12-17,20-21,28-30,32-33,43-54,89-91H2,1-5H3,(H2,92,112)(H,96,111)(H,97,114)(H,99,121)(H,100,118)(H,101,113)(H,102,119)(H,103,115)(H,104,117)(H,105,116)(H,106,120)(H4,93,94,98)(H,123,124,125);(H,6,7). The molecule has 6 aromatic carbocycles. The van der Waals surface area contributed by atoms with E-state index in [1.54, 1.807) is 109 Å². The number of anilines is 2. The first-order chi connectivity index (χ1) is 63.2. The van der Waals surface area contributed by atoms with Crippen molar-refractivity contribution in [1.82, 2.24) is 63.4 Å². The van der Waals surface area contributed by atoms with Crippen LogP contribution < -0.4 is 97.4 Å². The van der Waals surface area contributed by atoms with Crippen LogP contribution in [0.5, 0.6) is 0 Å². The number of primary amides is 1. The number of carbonyl (C=O) groups excluding carboxylic acids is 12. The van der Waals surface area contributed by atoms with Crippen LogP contribution in [0.4, 0.5) is 35.9 Å². The molecular formula is C90H125F3N22O17S. The number of carboxylic acids is 1. The highest BCUT2D eigenvalue weighted by Crippen LogP contribution is 2.30. The van der Waals surface area contributed by atoms with Gasteiger partial charge in [0.2, 0.25) is 65.0 Å². The molecule has 1 heterocycles. The molecule has 0 saturated carbocycles. The predicted molar refractivity (Wildman–Crippen MR) is 493 cm³/mol. The number of carboxylic acid groups (broad SMARTS) is 1. The molecule has 0 aromatic heterocycles. The zero-order valence-electron chi connectivity index (χ0n) is 75.1. The van der Waals surface area contributed by atoms with E-state index >= 15 is 9.59 Å². The van der Waals surface area contributed by atoms with Crippen molar-refractivity contribution in [1.29, 1.82) is 5.41 Å². The highest BCUT2D eigenvalue weighted by molar-refractivity contribution is 7.86. The van der Waals surface area contributed by atoms with Crippen LogP contribution >= 0.6 is 0 Å². The maximum atomic E-state index is 15.1. The predicted octanol–water partition coefficient (Wildman–Crippen LogP) is 3.86. The number of nitrogens with one attached hydrogen (secondary N) is 13. The third kappa shape index (κ3) is 37.9. The summed E-state index contributed by atoms with van der Waals surface area (Å²) in [4.78, 5) is 182. The van der Waals surface area contributed by atoms with E-state index in [9.17, 15) is 74.1 Å². The van der Waals surface area contributed by atoms with Gasteiger partial charge in [0.05, 0.1) is 17.4 Å². The van der Waals surface area contributed by atoms with Gasteiger partial charge in [-0.1, -0.05) is 98.8 Å². The summed E-state index contributed by atoms with van der Waals surface area (Å²) in [5.74, 6) is -11.8. The van der Waals surface area contributed by atoms with Crippen molar-refractivity contribution in [2.24, 2.45) is 44.8 Å². The number of likely N-dealkylation sites (tertiary alicyclic amines) is 1. The maximum absolute atomic E-state index is 15.1. The second-order valence-corrected chi connectivity index (χ2v) is 34.0. The molecule has 0 spiro atoms. The van der Waals surface area contributed by atoms with Crippen LogP contribution in [-0.2, 0) is 80.5 Å². The van der Waals surface area contributed by atoms with Crippen LogP contribution in [-0.4, -0.2) is 232 Å². The molecule has 1 aliphatic rings. The summed E-state index contributed by atoms with van der Waals surface area (Å²) in [7, 11) is -0.618. The molecule has 12 amide bonds. The van der Waals surface area contributed by atoms with E-state index in [1.165, 1.54) is 24.0 Å². The van der Waals surface area contributed by atoms with Gasteiger partial charge in [0.25, 0.3) is 16.0 Å². The largest absolute Gasteiger partial charge is 0.490 e.